The van der Waals surface area contributed by atoms with E-state index in [9.17, 15) is 14.0 Å². The van der Waals surface area contributed by atoms with Gasteiger partial charge in [-0.15, -0.1) is 11.3 Å². The Morgan fingerprint density at radius 2 is 2.14 bits per heavy atom. The van der Waals surface area contributed by atoms with Crippen LogP contribution < -0.4 is 10.1 Å². The van der Waals surface area contributed by atoms with Gasteiger partial charge in [-0.1, -0.05) is 6.07 Å². The number of aromatic carboxylic acids is 1. The van der Waals surface area contributed by atoms with E-state index in [-0.39, 0.29) is 17.2 Å². The average molecular weight is 309 g/mol. The first-order valence-corrected chi connectivity index (χ1v) is 6.79. The standard InChI is InChI=1S/C14H12FNO4S/c1-8-5-11(13(21-8)14(18)19)20-7-12(17)16-10-4-2-3-9(15)6-10/h2-6H,7H2,1H3,(H,16,17)(H,18,19). The second kappa shape index (κ2) is 6.36. The van der Waals surface area contributed by atoms with Crippen LogP contribution in [0.5, 0.6) is 5.75 Å². The van der Waals surface area contributed by atoms with Crippen LogP contribution in [0.2, 0.25) is 0 Å². The Kier molecular flexibility index (Phi) is 4.54. The van der Waals surface area contributed by atoms with E-state index in [0.717, 1.165) is 16.2 Å². The lowest BCUT2D eigenvalue weighted by atomic mass is 10.3. The number of hydrogen-bond acceptors (Lipinski definition) is 4. The molecule has 2 N–H and O–H groups in total. The number of nitrogens with one attached hydrogen (secondary N) is 1. The molecular weight excluding hydrogens is 297 g/mol. The van der Waals surface area contributed by atoms with Crippen LogP contribution in [0.4, 0.5) is 10.1 Å². The highest BCUT2D eigenvalue weighted by Gasteiger charge is 2.16. The number of carboxylic acid groups (broad SMARTS) is 1. The van der Waals surface area contributed by atoms with Crippen LogP contribution in [0.1, 0.15) is 14.5 Å². The molecule has 110 valence electrons. The Morgan fingerprint density at radius 3 is 2.81 bits per heavy atom. The molecule has 2 rings (SSSR count). The molecule has 1 heterocycles. The summed E-state index contributed by atoms with van der Waals surface area (Å²) in [4.78, 5) is 23.5. The van der Waals surface area contributed by atoms with E-state index in [1.165, 1.54) is 18.2 Å². The van der Waals surface area contributed by atoms with Gasteiger partial charge >= 0.3 is 5.97 Å². The van der Waals surface area contributed by atoms with Gasteiger partial charge in [0.05, 0.1) is 0 Å². The molecule has 0 spiro atoms. The Bertz CT molecular complexity index is 683. The van der Waals surface area contributed by atoms with Crippen molar-refractivity contribution in [3.8, 4) is 5.75 Å². The summed E-state index contributed by atoms with van der Waals surface area (Å²) in [6.07, 6.45) is 0. The third kappa shape index (κ3) is 4.03. The van der Waals surface area contributed by atoms with Gasteiger partial charge in [-0.25, -0.2) is 9.18 Å². The summed E-state index contributed by atoms with van der Waals surface area (Å²) in [7, 11) is 0. The van der Waals surface area contributed by atoms with Gasteiger partial charge in [0.25, 0.3) is 5.91 Å². The van der Waals surface area contributed by atoms with Gasteiger partial charge in [0.15, 0.2) is 11.5 Å². The van der Waals surface area contributed by atoms with Crippen molar-refractivity contribution in [3.63, 3.8) is 0 Å². The van der Waals surface area contributed by atoms with Crippen LogP contribution >= 0.6 is 11.3 Å². The average Bonchev–Trinajstić information content (AvgIpc) is 2.78. The monoisotopic (exact) mass is 309 g/mol. The summed E-state index contributed by atoms with van der Waals surface area (Å²) in [5.74, 6) is -1.91. The molecule has 1 amide bonds. The predicted octanol–water partition coefficient (Wildman–Crippen LogP) is 2.91. The van der Waals surface area contributed by atoms with Crippen molar-refractivity contribution in [3.05, 3.63) is 45.9 Å². The lowest BCUT2D eigenvalue weighted by molar-refractivity contribution is -0.118. The van der Waals surface area contributed by atoms with E-state index in [2.05, 4.69) is 5.32 Å². The largest absolute Gasteiger partial charge is 0.482 e. The zero-order valence-corrected chi connectivity index (χ0v) is 11.9. The van der Waals surface area contributed by atoms with Crippen molar-refractivity contribution in [2.24, 2.45) is 0 Å². The van der Waals surface area contributed by atoms with Crippen LogP contribution in [0, 0.1) is 12.7 Å². The molecule has 0 fully saturated rings. The first-order valence-electron chi connectivity index (χ1n) is 5.97. The molecule has 0 aliphatic carbocycles. The number of halogens is 1. The molecule has 0 unspecified atom stereocenters. The minimum atomic E-state index is -1.10. The summed E-state index contributed by atoms with van der Waals surface area (Å²) < 4.78 is 18.2. The second-order valence-corrected chi connectivity index (χ2v) is 5.46. The van der Waals surface area contributed by atoms with Gasteiger partial charge in [-0.05, 0) is 31.2 Å². The van der Waals surface area contributed by atoms with Crippen molar-refractivity contribution < 1.29 is 23.8 Å². The summed E-state index contributed by atoms with van der Waals surface area (Å²) >= 11 is 1.07. The van der Waals surface area contributed by atoms with E-state index in [1.807, 2.05) is 0 Å². The molecule has 0 aliphatic rings. The normalized spacial score (nSPS) is 10.2. The first-order chi connectivity index (χ1) is 9.95. The van der Waals surface area contributed by atoms with Crippen molar-refractivity contribution >= 4 is 28.9 Å². The van der Waals surface area contributed by atoms with Crippen LogP contribution in [-0.2, 0) is 4.79 Å². The number of hydrogen-bond donors (Lipinski definition) is 2. The van der Waals surface area contributed by atoms with Crippen LogP contribution in [0.25, 0.3) is 0 Å². The Balaban J connectivity index is 1.97. The lowest BCUT2D eigenvalue weighted by Crippen LogP contribution is -2.20. The van der Waals surface area contributed by atoms with Gasteiger partial charge in [0.2, 0.25) is 0 Å². The molecule has 5 nitrogen and oxygen atoms in total. The van der Waals surface area contributed by atoms with Crippen LogP contribution in [0.3, 0.4) is 0 Å². The van der Waals surface area contributed by atoms with Gasteiger partial charge in [-0.3, -0.25) is 4.79 Å². The quantitative estimate of drug-likeness (QED) is 0.890. The maximum Gasteiger partial charge on any atom is 0.349 e. The lowest BCUT2D eigenvalue weighted by Gasteiger charge is -2.07. The van der Waals surface area contributed by atoms with Crippen molar-refractivity contribution in [2.45, 2.75) is 6.92 Å². The fourth-order valence-electron chi connectivity index (χ4n) is 1.65. The molecule has 21 heavy (non-hydrogen) atoms. The molecule has 7 heteroatoms. The Hall–Kier alpha value is -2.41. The van der Waals surface area contributed by atoms with E-state index in [0.29, 0.717) is 5.69 Å². The number of aryl methyl sites for hydroxylation is 1. The second-order valence-electron chi connectivity index (χ2n) is 4.20. The third-order valence-electron chi connectivity index (χ3n) is 2.48. The van der Waals surface area contributed by atoms with E-state index in [4.69, 9.17) is 9.84 Å². The van der Waals surface area contributed by atoms with Gasteiger partial charge < -0.3 is 15.2 Å². The van der Waals surface area contributed by atoms with Crippen molar-refractivity contribution in [1.82, 2.24) is 0 Å². The Morgan fingerprint density at radius 1 is 1.38 bits per heavy atom. The molecule has 1 aromatic heterocycles. The number of anilines is 1. The number of benzene rings is 1. The fourth-order valence-corrected chi connectivity index (χ4v) is 2.45. The minimum absolute atomic E-state index is 0.0473. The highest BCUT2D eigenvalue weighted by atomic mass is 32.1. The van der Waals surface area contributed by atoms with E-state index < -0.39 is 17.7 Å². The van der Waals surface area contributed by atoms with E-state index >= 15 is 0 Å². The van der Waals surface area contributed by atoms with Crippen LogP contribution in [0.15, 0.2) is 30.3 Å². The summed E-state index contributed by atoms with van der Waals surface area (Å²) in [5.41, 5.74) is 0.309. The zero-order valence-electron chi connectivity index (χ0n) is 11.1. The minimum Gasteiger partial charge on any atom is -0.482 e. The number of carbonyl (C=O) groups excluding carboxylic acids is 1. The summed E-state index contributed by atoms with van der Waals surface area (Å²) in [6, 6.07) is 7.01. The molecule has 2 aromatic rings. The summed E-state index contributed by atoms with van der Waals surface area (Å²) in [6.45, 7) is 1.39. The van der Waals surface area contributed by atoms with Crippen LogP contribution in [-0.4, -0.2) is 23.6 Å². The molecule has 0 saturated heterocycles. The molecule has 0 atom stereocenters. The topological polar surface area (TPSA) is 75.6 Å². The molecule has 0 radical (unpaired) electrons. The maximum absolute atomic E-state index is 13.0. The number of thiophene rings is 1. The molecular formula is C14H12FNO4S. The number of amides is 1. The van der Waals surface area contributed by atoms with Crippen molar-refractivity contribution in [1.29, 1.82) is 0 Å². The molecule has 0 bridgehead atoms. The smallest absolute Gasteiger partial charge is 0.349 e. The third-order valence-corrected chi connectivity index (χ3v) is 3.50. The number of carboxylic acids is 1. The number of carbonyl (C=O) groups is 2. The predicted molar refractivity (Wildman–Crippen MR) is 76.5 cm³/mol. The summed E-state index contributed by atoms with van der Waals surface area (Å²) in [5, 5.41) is 11.5. The highest BCUT2D eigenvalue weighted by molar-refractivity contribution is 7.14. The van der Waals surface area contributed by atoms with Gasteiger partial charge in [0.1, 0.15) is 11.6 Å². The molecule has 0 aliphatic heterocycles. The number of ether oxygens (including phenoxy) is 1. The van der Waals surface area contributed by atoms with Crippen molar-refractivity contribution in [2.75, 3.05) is 11.9 Å². The van der Waals surface area contributed by atoms with E-state index in [1.54, 1.807) is 19.1 Å². The molecule has 0 saturated carbocycles. The Labute approximate surface area is 124 Å². The SMILES string of the molecule is Cc1cc(OCC(=O)Nc2cccc(F)c2)c(C(=O)O)s1. The number of rotatable bonds is 5. The van der Waals surface area contributed by atoms with Gasteiger partial charge in [-0.2, -0.15) is 0 Å². The zero-order chi connectivity index (χ0) is 15.4. The molecule has 1 aromatic carbocycles. The van der Waals surface area contributed by atoms with Gasteiger partial charge in [0, 0.05) is 10.6 Å². The highest BCUT2D eigenvalue weighted by Crippen LogP contribution is 2.28. The maximum atomic E-state index is 13.0. The fraction of sp³-hybridized carbons (Fsp3) is 0.143. The first kappa shape index (κ1) is 15.0.